The highest BCUT2D eigenvalue weighted by Gasteiger charge is 2.10. The van der Waals surface area contributed by atoms with E-state index in [9.17, 15) is 0 Å². The van der Waals surface area contributed by atoms with Gasteiger partial charge in [0.25, 0.3) is 0 Å². The summed E-state index contributed by atoms with van der Waals surface area (Å²) in [6, 6.07) is 0. The molecule has 84 valence electrons. The van der Waals surface area contributed by atoms with E-state index in [1.54, 1.807) is 11.8 Å². The number of aryl methyl sites for hydroxylation is 1. The first-order chi connectivity index (χ1) is 7.15. The largest absolute Gasteiger partial charge is 0.409 e. The fraction of sp³-hybridized carbons (Fsp3) is 0.625. The lowest BCUT2D eigenvalue weighted by atomic mass is 10.3. The van der Waals surface area contributed by atoms with Crippen molar-refractivity contribution in [3.63, 3.8) is 0 Å². The van der Waals surface area contributed by atoms with E-state index in [1.165, 1.54) is 11.5 Å². The van der Waals surface area contributed by atoms with E-state index in [4.69, 9.17) is 10.9 Å². The third-order valence-corrected chi connectivity index (χ3v) is 3.62. The van der Waals surface area contributed by atoms with Crippen LogP contribution in [0.1, 0.15) is 26.1 Å². The van der Waals surface area contributed by atoms with Crippen LogP contribution in [0.3, 0.4) is 0 Å². The second-order valence-electron chi connectivity index (χ2n) is 3.05. The second-order valence-corrected chi connectivity index (χ2v) is 5.49. The SMILES string of the molecule is CCc1nsc(SC(C)CC(N)=NO)n1. The van der Waals surface area contributed by atoms with Crippen molar-refractivity contribution < 1.29 is 5.21 Å². The number of nitrogens with zero attached hydrogens (tertiary/aromatic N) is 3. The molecule has 1 heterocycles. The van der Waals surface area contributed by atoms with Gasteiger partial charge in [-0.05, 0) is 11.5 Å². The fourth-order valence-electron chi connectivity index (χ4n) is 0.979. The monoisotopic (exact) mass is 246 g/mol. The molecule has 0 amide bonds. The average molecular weight is 246 g/mol. The van der Waals surface area contributed by atoms with Gasteiger partial charge in [-0.2, -0.15) is 4.37 Å². The number of oxime groups is 1. The van der Waals surface area contributed by atoms with Gasteiger partial charge >= 0.3 is 0 Å². The molecule has 0 fully saturated rings. The molecule has 1 atom stereocenters. The molecule has 3 N–H and O–H groups in total. The zero-order chi connectivity index (χ0) is 11.3. The predicted octanol–water partition coefficient (Wildman–Crippen LogP) is 1.72. The molecule has 1 unspecified atom stereocenters. The minimum absolute atomic E-state index is 0.235. The van der Waals surface area contributed by atoms with Crippen LogP contribution in [-0.4, -0.2) is 25.7 Å². The Kier molecular flexibility index (Phi) is 4.83. The van der Waals surface area contributed by atoms with E-state index >= 15 is 0 Å². The molecule has 0 saturated carbocycles. The number of amidine groups is 1. The van der Waals surface area contributed by atoms with Gasteiger partial charge in [-0.15, -0.1) is 0 Å². The molecule has 0 aliphatic carbocycles. The number of hydrogen-bond donors (Lipinski definition) is 2. The average Bonchev–Trinajstić information content (AvgIpc) is 2.65. The van der Waals surface area contributed by atoms with Gasteiger partial charge in [0.15, 0.2) is 4.34 Å². The van der Waals surface area contributed by atoms with Gasteiger partial charge < -0.3 is 10.9 Å². The van der Waals surface area contributed by atoms with Crippen LogP contribution in [0, 0.1) is 0 Å². The summed E-state index contributed by atoms with van der Waals surface area (Å²) in [6.07, 6.45) is 1.40. The van der Waals surface area contributed by atoms with Crippen molar-refractivity contribution in [3.8, 4) is 0 Å². The van der Waals surface area contributed by atoms with Crippen molar-refractivity contribution in [2.45, 2.75) is 36.3 Å². The Hall–Kier alpha value is -0.820. The van der Waals surface area contributed by atoms with Crippen LogP contribution in [0.25, 0.3) is 0 Å². The Bertz CT molecular complexity index is 339. The van der Waals surface area contributed by atoms with E-state index in [2.05, 4.69) is 14.5 Å². The third-order valence-electron chi connectivity index (χ3n) is 1.69. The molecule has 1 aromatic rings. The molecule has 0 bridgehead atoms. The summed E-state index contributed by atoms with van der Waals surface area (Å²) in [4.78, 5) is 4.33. The number of thioether (sulfide) groups is 1. The van der Waals surface area contributed by atoms with Crippen molar-refractivity contribution in [1.29, 1.82) is 0 Å². The van der Waals surface area contributed by atoms with Crippen molar-refractivity contribution in [2.24, 2.45) is 10.9 Å². The normalized spacial score (nSPS) is 14.1. The first-order valence-corrected chi connectivity index (χ1v) is 6.26. The first-order valence-electron chi connectivity index (χ1n) is 4.61. The van der Waals surface area contributed by atoms with Crippen molar-refractivity contribution in [3.05, 3.63) is 5.82 Å². The summed E-state index contributed by atoms with van der Waals surface area (Å²) in [7, 11) is 0. The molecule has 1 rings (SSSR count). The summed E-state index contributed by atoms with van der Waals surface area (Å²) in [5.74, 6) is 1.12. The summed E-state index contributed by atoms with van der Waals surface area (Å²) < 4.78 is 5.12. The molecule has 1 aromatic heterocycles. The Balaban J connectivity index is 2.47. The molecule has 0 aliphatic heterocycles. The van der Waals surface area contributed by atoms with E-state index in [-0.39, 0.29) is 11.1 Å². The minimum Gasteiger partial charge on any atom is -0.409 e. The highest BCUT2D eigenvalue weighted by atomic mass is 32.2. The van der Waals surface area contributed by atoms with Crippen LogP contribution in [0.4, 0.5) is 0 Å². The Morgan fingerprint density at radius 3 is 3.00 bits per heavy atom. The molecule has 0 radical (unpaired) electrons. The zero-order valence-electron chi connectivity index (χ0n) is 8.67. The molecular weight excluding hydrogens is 232 g/mol. The molecule has 15 heavy (non-hydrogen) atoms. The predicted molar refractivity (Wildman–Crippen MR) is 62.6 cm³/mol. The summed E-state index contributed by atoms with van der Waals surface area (Å²) in [6.45, 7) is 4.03. The van der Waals surface area contributed by atoms with Crippen LogP contribution in [0.15, 0.2) is 9.50 Å². The van der Waals surface area contributed by atoms with E-state index in [1.807, 2.05) is 13.8 Å². The number of rotatable bonds is 5. The lowest BCUT2D eigenvalue weighted by molar-refractivity contribution is 0.317. The highest BCUT2D eigenvalue weighted by Crippen LogP contribution is 2.26. The lowest BCUT2D eigenvalue weighted by Gasteiger charge is -2.06. The van der Waals surface area contributed by atoms with E-state index in [0.717, 1.165) is 16.6 Å². The van der Waals surface area contributed by atoms with Crippen molar-refractivity contribution >= 4 is 29.1 Å². The van der Waals surface area contributed by atoms with Crippen molar-refractivity contribution in [1.82, 2.24) is 9.36 Å². The van der Waals surface area contributed by atoms with Gasteiger partial charge in [0, 0.05) is 18.1 Å². The maximum atomic E-state index is 8.42. The van der Waals surface area contributed by atoms with Gasteiger partial charge in [-0.3, -0.25) is 0 Å². The summed E-state index contributed by atoms with van der Waals surface area (Å²) in [5, 5.41) is 11.6. The second kappa shape index (κ2) is 5.92. The van der Waals surface area contributed by atoms with Gasteiger partial charge in [0.1, 0.15) is 11.7 Å². The van der Waals surface area contributed by atoms with Gasteiger partial charge in [0.2, 0.25) is 0 Å². The highest BCUT2D eigenvalue weighted by molar-refractivity contribution is 8.01. The third kappa shape index (κ3) is 4.05. The number of nitrogens with two attached hydrogens (primary N) is 1. The Morgan fingerprint density at radius 1 is 1.73 bits per heavy atom. The van der Waals surface area contributed by atoms with E-state index < -0.39 is 0 Å². The van der Waals surface area contributed by atoms with Crippen LogP contribution in [0.2, 0.25) is 0 Å². The molecule has 0 aromatic carbocycles. The smallest absolute Gasteiger partial charge is 0.170 e. The van der Waals surface area contributed by atoms with Gasteiger partial charge in [-0.25, -0.2) is 4.98 Å². The lowest BCUT2D eigenvalue weighted by Crippen LogP contribution is -2.16. The zero-order valence-corrected chi connectivity index (χ0v) is 10.3. The molecular formula is C8H14N4OS2. The first kappa shape index (κ1) is 12.3. The molecule has 5 nitrogen and oxygen atoms in total. The van der Waals surface area contributed by atoms with Crippen molar-refractivity contribution in [2.75, 3.05) is 0 Å². The number of aromatic nitrogens is 2. The maximum Gasteiger partial charge on any atom is 0.170 e. The van der Waals surface area contributed by atoms with Crippen LogP contribution >= 0.6 is 23.3 Å². The van der Waals surface area contributed by atoms with Gasteiger partial charge in [-0.1, -0.05) is 30.8 Å². The van der Waals surface area contributed by atoms with Crippen LogP contribution in [-0.2, 0) is 6.42 Å². The van der Waals surface area contributed by atoms with Gasteiger partial charge in [0.05, 0.1) is 0 Å². The summed E-state index contributed by atoms with van der Waals surface area (Å²) >= 11 is 2.99. The Morgan fingerprint density at radius 2 is 2.47 bits per heavy atom. The quantitative estimate of drug-likeness (QED) is 0.272. The molecule has 7 heteroatoms. The molecule has 0 aliphatic rings. The van der Waals surface area contributed by atoms with Crippen LogP contribution in [0.5, 0.6) is 0 Å². The van der Waals surface area contributed by atoms with Crippen LogP contribution < -0.4 is 5.73 Å². The standard InChI is InChI=1S/C8H14N4OS2/c1-3-7-10-8(15-12-7)14-5(2)4-6(9)11-13/h5,13H,3-4H2,1-2H3,(H2,9,11). The van der Waals surface area contributed by atoms with E-state index in [0.29, 0.717) is 6.42 Å². The maximum absolute atomic E-state index is 8.42. The molecule has 0 saturated heterocycles. The summed E-state index contributed by atoms with van der Waals surface area (Å²) in [5.41, 5.74) is 5.41. The minimum atomic E-state index is 0.235. The Labute approximate surface area is 96.9 Å². The number of hydrogen-bond acceptors (Lipinski definition) is 6. The topological polar surface area (TPSA) is 84.4 Å². The fourth-order valence-corrected chi connectivity index (χ4v) is 3.01. The molecule has 0 spiro atoms.